The molecular weight excluding hydrogens is 266 g/mol. The Kier molecular flexibility index (Phi) is 4.39. The minimum Gasteiger partial charge on any atom is -0.546 e. The molecule has 2 aromatic rings. The van der Waals surface area contributed by atoms with Crippen LogP contribution in [0.3, 0.4) is 0 Å². The fourth-order valence-corrected chi connectivity index (χ4v) is 2.60. The summed E-state index contributed by atoms with van der Waals surface area (Å²) < 4.78 is 7.89. The molecule has 2 rings (SSSR count). The fourth-order valence-electron chi connectivity index (χ4n) is 1.90. The Balaban J connectivity index is 2.36. The largest absolute Gasteiger partial charge is 0.546 e. The molecule has 0 amide bonds. The molecule has 0 aliphatic heterocycles. The van der Waals surface area contributed by atoms with Crippen molar-refractivity contribution in [3.8, 4) is 5.75 Å². The van der Waals surface area contributed by atoms with Gasteiger partial charge in [0.05, 0.1) is 12.0 Å². The number of rotatable bonds is 4. The second-order valence-electron chi connectivity index (χ2n) is 5.26. The van der Waals surface area contributed by atoms with E-state index in [1.165, 1.54) is 5.56 Å². The second-order valence-corrected chi connectivity index (χ2v) is 7.59. The Hall–Kier alpha value is -1.88. The molecule has 4 nitrogen and oxygen atoms in total. The third-order valence-electron chi connectivity index (χ3n) is 2.84. The van der Waals surface area contributed by atoms with Gasteiger partial charge >= 0.3 is 0 Å². The van der Waals surface area contributed by atoms with Crippen molar-refractivity contribution >= 4 is 20.4 Å². The van der Waals surface area contributed by atoms with Gasteiger partial charge < -0.3 is 8.99 Å². The molecule has 0 saturated heterocycles. The van der Waals surface area contributed by atoms with Crippen LogP contribution >= 0.6 is 0 Å². The van der Waals surface area contributed by atoms with Gasteiger partial charge in [-0.3, -0.25) is 0 Å². The third kappa shape index (κ3) is 3.57. The lowest BCUT2D eigenvalue weighted by Crippen LogP contribution is -2.11. The molecule has 0 spiro atoms. The van der Waals surface area contributed by atoms with E-state index in [0.29, 0.717) is 0 Å². The summed E-state index contributed by atoms with van der Waals surface area (Å²) >= 11 is 0. The highest BCUT2D eigenvalue weighted by molar-refractivity contribution is 6.49. The molecule has 0 N–H and O–H groups in total. The number of imidazole rings is 1. The number of benzene rings is 1. The molecule has 106 valence electrons. The molecule has 0 aliphatic carbocycles. The van der Waals surface area contributed by atoms with Crippen LogP contribution in [0.5, 0.6) is 5.75 Å². The van der Waals surface area contributed by atoms with Gasteiger partial charge in [0.25, 0.3) is 0 Å². The van der Waals surface area contributed by atoms with Gasteiger partial charge in [0.1, 0.15) is 17.1 Å². The van der Waals surface area contributed by atoms with E-state index < -0.39 is 9.04 Å². The molecule has 0 radical (unpaired) electrons. The van der Waals surface area contributed by atoms with E-state index in [9.17, 15) is 0 Å². The lowest BCUT2D eigenvalue weighted by atomic mass is 10.2. The minimum absolute atomic E-state index is 0.875. The second kappa shape index (κ2) is 6.05. The van der Waals surface area contributed by atoms with Crippen molar-refractivity contribution in [3.63, 3.8) is 0 Å². The van der Waals surface area contributed by atoms with Crippen LogP contribution in [0.1, 0.15) is 18.2 Å². The Labute approximate surface area is 121 Å². The maximum Gasteiger partial charge on any atom is 0.229 e. The number of nitrogens with zero attached hydrogens (tertiary/aromatic N) is 3. The summed E-state index contributed by atoms with van der Waals surface area (Å²) in [5, 5.41) is 0. The zero-order valence-electron chi connectivity index (χ0n) is 12.7. The van der Waals surface area contributed by atoms with E-state index in [-0.39, 0.29) is 0 Å². The summed E-state index contributed by atoms with van der Waals surface area (Å²) in [5.74, 6) is 0.877. The van der Waals surface area contributed by atoms with Gasteiger partial charge in [-0.25, -0.2) is 9.98 Å². The average Bonchev–Trinajstić information content (AvgIpc) is 2.78. The Morgan fingerprint density at radius 1 is 1.35 bits per heavy atom. The number of aliphatic imine (C=N–C) groups is 1. The summed E-state index contributed by atoms with van der Waals surface area (Å²) in [7, 11) is 0.803. The molecule has 20 heavy (non-hydrogen) atoms. The zero-order chi connectivity index (χ0) is 14.7. The van der Waals surface area contributed by atoms with Crippen molar-refractivity contribution in [2.45, 2.75) is 26.9 Å². The fraction of sp³-hybridized carbons (Fsp3) is 0.333. The van der Waals surface area contributed by atoms with E-state index in [2.05, 4.69) is 42.1 Å². The summed E-state index contributed by atoms with van der Waals surface area (Å²) in [5.41, 5.74) is 3.84. The van der Waals surface area contributed by atoms with Crippen LogP contribution in [0.4, 0.5) is 5.69 Å². The zero-order valence-corrected chi connectivity index (χ0v) is 13.9. The quantitative estimate of drug-likeness (QED) is 0.640. The van der Waals surface area contributed by atoms with Crippen LogP contribution in [0, 0.1) is 6.92 Å². The summed E-state index contributed by atoms with van der Waals surface area (Å²) in [4.78, 5) is 8.99. The summed E-state index contributed by atoms with van der Waals surface area (Å²) in [6, 6.07) is 6.12. The molecule has 0 atom stereocenters. The molecule has 1 aromatic heterocycles. The third-order valence-corrected chi connectivity index (χ3v) is 3.57. The van der Waals surface area contributed by atoms with E-state index in [0.717, 1.165) is 22.8 Å². The first-order valence-electron chi connectivity index (χ1n) is 6.76. The highest BCUT2D eigenvalue weighted by atomic mass is 28.3. The van der Waals surface area contributed by atoms with Crippen LogP contribution in [0.2, 0.25) is 13.1 Å². The van der Waals surface area contributed by atoms with Crippen molar-refractivity contribution in [3.05, 3.63) is 42.0 Å². The maximum absolute atomic E-state index is 5.97. The number of hydrogen-bond acceptors (Lipinski definition) is 3. The smallest absolute Gasteiger partial charge is 0.229 e. The van der Waals surface area contributed by atoms with Crippen LogP contribution in [0.15, 0.2) is 35.7 Å². The monoisotopic (exact) mass is 287 g/mol. The molecule has 1 aromatic carbocycles. The first-order valence-corrected chi connectivity index (χ1v) is 9.54. The number of aromatic nitrogens is 2. The molecule has 0 aliphatic rings. The molecule has 0 unspecified atom stereocenters. The van der Waals surface area contributed by atoms with E-state index in [4.69, 9.17) is 4.43 Å². The van der Waals surface area contributed by atoms with E-state index in [1.807, 2.05) is 30.8 Å². The average molecular weight is 287 g/mol. The van der Waals surface area contributed by atoms with E-state index in [1.54, 1.807) is 6.33 Å². The highest BCUT2D eigenvalue weighted by Gasteiger charge is 2.08. The first kappa shape index (κ1) is 14.5. The van der Waals surface area contributed by atoms with Crippen LogP contribution in [0.25, 0.3) is 0 Å². The Morgan fingerprint density at radius 3 is 2.70 bits per heavy atom. The lowest BCUT2D eigenvalue weighted by molar-refractivity contribution is 0.581. The van der Waals surface area contributed by atoms with Crippen molar-refractivity contribution < 1.29 is 4.43 Å². The summed E-state index contributed by atoms with van der Waals surface area (Å²) in [6.07, 6.45) is 3.74. The van der Waals surface area contributed by atoms with Gasteiger partial charge in [-0.15, -0.1) is 0 Å². The molecule has 5 heteroatoms. The first-order chi connectivity index (χ1) is 9.45. The SMILES string of the molecule is CC(=Nc1ccc(C)cc1O[SiH](C)C)c1cn(C)cn1. The van der Waals surface area contributed by atoms with E-state index >= 15 is 0 Å². The topological polar surface area (TPSA) is 39.4 Å². The van der Waals surface area contributed by atoms with Crippen molar-refractivity contribution in [1.29, 1.82) is 0 Å². The lowest BCUT2D eigenvalue weighted by Gasteiger charge is -2.13. The predicted molar refractivity (Wildman–Crippen MR) is 85.8 cm³/mol. The standard InChI is InChI=1S/C15H21N3OSi/c1-11-6-7-13(15(8-11)19-20(4)5)17-12(2)14-9-18(3)10-16-14/h6-10,20H,1-5H3. The van der Waals surface area contributed by atoms with Crippen LogP contribution in [-0.2, 0) is 7.05 Å². The van der Waals surface area contributed by atoms with Crippen LogP contribution in [-0.4, -0.2) is 24.3 Å². The van der Waals surface area contributed by atoms with Gasteiger partial charge in [0, 0.05) is 13.2 Å². The number of hydrogen-bond donors (Lipinski definition) is 0. The molecule has 0 bridgehead atoms. The van der Waals surface area contributed by atoms with Gasteiger partial charge in [-0.2, -0.15) is 0 Å². The summed E-state index contributed by atoms with van der Waals surface area (Å²) in [6.45, 7) is 8.34. The Morgan fingerprint density at radius 2 is 2.10 bits per heavy atom. The molecule has 0 fully saturated rings. The van der Waals surface area contributed by atoms with Gasteiger partial charge in [-0.05, 0) is 44.6 Å². The van der Waals surface area contributed by atoms with Crippen molar-refractivity contribution in [2.24, 2.45) is 12.0 Å². The Bertz CT molecular complexity index is 632. The minimum atomic E-state index is -1.15. The van der Waals surface area contributed by atoms with Gasteiger partial charge in [0.2, 0.25) is 9.04 Å². The highest BCUT2D eigenvalue weighted by Crippen LogP contribution is 2.29. The van der Waals surface area contributed by atoms with Gasteiger partial charge in [0.15, 0.2) is 0 Å². The normalized spacial score (nSPS) is 12.0. The maximum atomic E-state index is 5.97. The van der Waals surface area contributed by atoms with Gasteiger partial charge in [-0.1, -0.05) is 6.07 Å². The van der Waals surface area contributed by atoms with Crippen molar-refractivity contribution in [2.75, 3.05) is 0 Å². The number of aryl methyl sites for hydroxylation is 2. The molecule has 1 heterocycles. The molecular formula is C15H21N3OSi. The molecule has 0 saturated carbocycles. The van der Waals surface area contributed by atoms with Crippen molar-refractivity contribution in [1.82, 2.24) is 9.55 Å². The van der Waals surface area contributed by atoms with Crippen LogP contribution < -0.4 is 4.43 Å². The predicted octanol–water partition coefficient (Wildman–Crippen LogP) is 3.23.